The summed E-state index contributed by atoms with van der Waals surface area (Å²) in [6, 6.07) is 10.3. The Bertz CT molecular complexity index is 371. The van der Waals surface area contributed by atoms with Crippen molar-refractivity contribution < 1.29 is 4.74 Å². The third-order valence-corrected chi connectivity index (χ3v) is 2.66. The normalized spacial score (nSPS) is 10.0. The molecule has 0 saturated carbocycles. The van der Waals surface area contributed by atoms with Gasteiger partial charge in [-0.05, 0) is 31.9 Å². The summed E-state index contributed by atoms with van der Waals surface area (Å²) >= 11 is 0. The Morgan fingerprint density at radius 1 is 1.28 bits per heavy atom. The Morgan fingerprint density at radius 3 is 2.89 bits per heavy atom. The molecule has 0 aliphatic carbocycles. The van der Waals surface area contributed by atoms with E-state index in [0.29, 0.717) is 13.0 Å². The first-order chi connectivity index (χ1) is 8.88. The molecule has 1 aromatic carbocycles. The number of para-hydroxylation sites is 1. The average Bonchev–Trinajstić information content (AvgIpc) is 2.40. The maximum Gasteiger partial charge on any atom is 0.123 e. The van der Waals surface area contributed by atoms with E-state index in [-0.39, 0.29) is 0 Å². The van der Waals surface area contributed by atoms with E-state index in [9.17, 15) is 0 Å². The zero-order valence-electron chi connectivity index (χ0n) is 11.1. The van der Waals surface area contributed by atoms with E-state index in [1.54, 1.807) is 0 Å². The van der Waals surface area contributed by atoms with Gasteiger partial charge in [0.1, 0.15) is 5.75 Å². The van der Waals surface area contributed by atoms with Crippen LogP contribution >= 0.6 is 0 Å². The van der Waals surface area contributed by atoms with Crippen LogP contribution in [0.5, 0.6) is 5.75 Å². The van der Waals surface area contributed by atoms with Crippen molar-refractivity contribution >= 4 is 0 Å². The van der Waals surface area contributed by atoms with Crippen molar-refractivity contribution in [2.24, 2.45) is 0 Å². The van der Waals surface area contributed by atoms with Crippen LogP contribution in [0.4, 0.5) is 0 Å². The van der Waals surface area contributed by atoms with Gasteiger partial charge in [0.2, 0.25) is 0 Å². The van der Waals surface area contributed by atoms with Crippen LogP contribution in [0.3, 0.4) is 0 Å². The van der Waals surface area contributed by atoms with E-state index in [4.69, 9.17) is 10.00 Å². The monoisotopic (exact) mass is 246 g/mol. The number of benzene rings is 1. The molecule has 98 valence electrons. The highest BCUT2D eigenvalue weighted by Crippen LogP contribution is 2.18. The molecular formula is C15H22N2O. The van der Waals surface area contributed by atoms with Crippen molar-refractivity contribution in [3.8, 4) is 11.8 Å². The molecule has 0 aliphatic heterocycles. The molecule has 0 radical (unpaired) electrons. The second kappa shape index (κ2) is 9.49. The van der Waals surface area contributed by atoms with Crippen molar-refractivity contribution in [1.29, 1.82) is 5.26 Å². The molecule has 0 amide bonds. The molecule has 0 saturated heterocycles. The number of unbranched alkanes of at least 4 members (excludes halogenated alkanes) is 2. The Hall–Kier alpha value is -1.53. The highest BCUT2D eigenvalue weighted by atomic mass is 16.5. The largest absolute Gasteiger partial charge is 0.493 e. The summed E-state index contributed by atoms with van der Waals surface area (Å²) in [6.07, 6.45) is 3.59. The summed E-state index contributed by atoms with van der Waals surface area (Å²) in [6.45, 7) is 4.72. The lowest BCUT2D eigenvalue weighted by Gasteiger charge is -2.11. The quantitative estimate of drug-likeness (QED) is 0.680. The Morgan fingerprint density at radius 2 is 2.11 bits per heavy atom. The van der Waals surface area contributed by atoms with Crippen LogP contribution in [0.15, 0.2) is 24.3 Å². The molecule has 0 unspecified atom stereocenters. The van der Waals surface area contributed by atoms with Gasteiger partial charge in [0.15, 0.2) is 0 Å². The molecule has 1 rings (SSSR count). The second-order valence-electron chi connectivity index (χ2n) is 4.25. The fourth-order valence-corrected chi connectivity index (χ4v) is 1.68. The number of ether oxygens (including phenoxy) is 1. The number of nitrogens with zero attached hydrogens (tertiary/aromatic N) is 1. The maximum absolute atomic E-state index is 8.45. The number of nitriles is 1. The van der Waals surface area contributed by atoms with Crippen LogP contribution in [-0.2, 0) is 6.54 Å². The third-order valence-electron chi connectivity index (χ3n) is 2.66. The van der Waals surface area contributed by atoms with E-state index < -0.39 is 0 Å². The zero-order valence-corrected chi connectivity index (χ0v) is 11.1. The van der Waals surface area contributed by atoms with Crippen LogP contribution in [0.2, 0.25) is 0 Å². The summed E-state index contributed by atoms with van der Waals surface area (Å²) in [7, 11) is 0. The van der Waals surface area contributed by atoms with Gasteiger partial charge in [-0.2, -0.15) is 5.26 Å². The van der Waals surface area contributed by atoms with Gasteiger partial charge in [0.05, 0.1) is 12.7 Å². The van der Waals surface area contributed by atoms with Crippen molar-refractivity contribution in [3.05, 3.63) is 29.8 Å². The minimum absolute atomic E-state index is 0.614. The van der Waals surface area contributed by atoms with Gasteiger partial charge in [-0.1, -0.05) is 25.1 Å². The van der Waals surface area contributed by atoms with Gasteiger partial charge in [0.25, 0.3) is 0 Å². The van der Waals surface area contributed by atoms with E-state index in [2.05, 4.69) is 24.4 Å². The van der Waals surface area contributed by atoms with Gasteiger partial charge in [-0.15, -0.1) is 0 Å². The van der Waals surface area contributed by atoms with E-state index in [1.807, 2.05) is 18.2 Å². The molecule has 0 fully saturated rings. The first-order valence-electron chi connectivity index (χ1n) is 6.67. The Balaban J connectivity index is 2.36. The lowest BCUT2D eigenvalue weighted by atomic mass is 10.2. The van der Waals surface area contributed by atoms with Crippen LogP contribution in [0.1, 0.15) is 38.2 Å². The molecule has 3 nitrogen and oxygen atoms in total. The molecule has 0 heterocycles. The number of hydrogen-bond donors (Lipinski definition) is 1. The average molecular weight is 246 g/mol. The van der Waals surface area contributed by atoms with E-state index in [1.165, 1.54) is 5.56 Å². The molecule has 1 aromatic rings. The minimum Gasteiger partial charge on any atom is -0.493 e. The predicted octanol–water partition coefficient (Wildman–Crippen LogP) is 3.26. The number of nitrogens with one attached hydrogen (secondary N) is 1. The van der Waals surface area contributed by atoms with E-state index in [0.717, 1.165) is 38.1 Å². The van der Waals surface area contributed by atoms with Gasteiger partial charge in [0, 0.05) is 18.5 Å². The van der Waals surface area contributed by atoms with Crippen LogP contribution in [-0.4, -0.2) is 13.2 Å². The molecule has 0 bridgehead atoms. The fraction of sp³-hybridized carbons (Fsp3) is 0.533. The summed E-state index contributed by atoms with van der Waals surface area (Å²) in [5.41, 5.74) is 1.20. The standard InChI is InChI=1S/C15H22N2O/c1-2-11-17-13-14-8-4-5-9-15(14)18-12-7-3-6-10-16/h4-5,8-9,17H,2-3,6-7,11-13H2,1H3. The third kappa shape index (κ3) is 5.70. The predicted molar refractivity (Wildman–Crippen MR) is 73.4 cm³/mol. The van der Waals surface area contributed by atoms with Crippen molar-refractivity contribution in [3.63, 3.8) is 0 Å². The SMILES string of the molecule is CCCNCc1ccccc1OCCCCC#N. The molecule has 0 atom stereocenters. The first-order valence-corrected chi connectivity index (χ1v) is 6.67. The van der Waals surface area contributed by atoms with Crippen LogP contribution < -0.4 is 10.1 Å². The molecule has 18 heavy (non-hydrogen) atoms. The second-order valence-corrected chi connectivity index (χ2v) is 4.25. The fourth-order valence-electron chi connectivity index (χ4n) is 1.68. The van der Waals surface area contributed by atoms with Gasteiger partial charge in [-0.3, -0.25) is 0 Å². The number of rotatable bonds is 9. The van der Waals surface area contributed by atoms with Crippen molar-refractivity contribution in [1.82, 2.24) is 5.32 Å². The van der Waals surface area contributed by atoms with Crippen molar-refractivity contribution in [2.75, 3.05) is 13.2 Å². The van der Waals surface area contributed by atoms with E-state index >= 15 is 0 Å². The molecule has 1 N–H and O–H groups in total. The first kappa shape index (κ1) is 14.5. The lowest BCUT2D eigenvalue weighted by Crippen LogP contribution is -2.14. The Kier molecular flexibility index (Phi) is 7.66. The number of hydrogen-bond acceptors (Lipinski definition) is 3. The van der Waals surface area contributed by atoms with Crippen LogP contribution in [0, 0.1) is 11.3 Å². The molecule has 0 spiro atoms. The summed E-state index contributed by atoms with van der Waals surface area (Å²) in [5.74, 6) is 0.957. The van der Waals surface area contributed by atoms with Crippen molar-refractivity contribution in [2.45, 2.75) is 39.2 Å². The van der Waals surface area contributed by atoms with Gasteiger partial charge in [-0.25, -0.2) is 0 Å². The highest BCUT2D eigenvalue weighted by molar-refractivity contribution is 5.33. The topological polar surface area (TPSA) is 45.0 Å². The summed E-state index contributed by atoms with van der Waals surface area (Å²) in [4.78, 5) is 0. The molecule has 3 heteroatoms. The molecule has 0 aromatic heterocycles. The summed E-state index contributed by atoms with van der Waals surface area (Å²) in [5, 5.41) is 11.8. The Labute approximate surface area is 110 Å². The zero-order chi connectivity index (χ0) is 13.1. The van der Waals surface area contributed by atoms with Gasteiger partial charge >= 0.3 is 0 Å². The lowest BCUT2D eigenvalue weighted by molar-refractivity contribution is 0.304. The molecule has 0 aliphatic rings. The minimum atomic E-state index is 0.614. The van der Waals surface area contributed by atoms with Crippen LogP contribution in [0.25, 0.3) is 0 Å². The summed E-state index contributed by atoms with van der Waals surface area (Å²) < 4.78 is 5.76. The maximum atomic E-state index is 8.45. The highest BCUT2D eigenvalue weighted by Gasteiger charge is 2.01. The molecular weight excluding hydrogens is 224 g/mol. The smallest absolute Gasteiger partial charge is 0.123 e. The van der Waals surface area contributed by atoms with Gasteiger partial charge < -0.3 is 10.1 Å².